The van der Waals surface area contributed by atoms with Crippen molar-refractivity contribution in [3.05, 3.63) is 23.7 Å². The van der Waals surface area contributed by atoms with E-state index < -0.39 is 0 Å². The van der Waals surface area contributed by atoms with Crippen molar-refractivity contribution >= 4 is 11.8 Å². The zero-order valence-corrected chi connectivity index (χ0v) is 13.3. The first-order valence-electron chi connectivity index (χ1n) is 7.77. The Hall–Kier alpha value is -0.450. The Morgan fingerprint density at radius 2 is 2.05 bits per heavy atom. The highest BCUT2D eigenvalue weighted by molar-refractivity contribution is 7.97. The molecule has 1 fully saturated rings. The molecule has 114 valence electrons. The van der Waals surface area contributed by atoms with Crippen molar-refractivity contribution < 1.29 is 9.15 Å². The first kappa shape index (κ1) is 15.9. The maximum atomic E-state index is 5.91. The van der Waals surface area contributed by atoms with Gasteiger partial charge in [0.05, 0.1) is 18.4 Å². The molecule has 0 unspecified atom stereocenters. The zero-order chi connectivity index (χ0) is 14.0. The number of rotatable bonds is 9. The van der Waals surface area contributed by atoms with Gasteiger partial charge >= 0.3 is 0 Å². The fourth-order valence-electron chi connectivity index (χ4n) is 2.63. The molecule has 2 rings (SSSR count). The molecule has 4 heteroatoms. The molecule has 3 nitrogen and oxygen atoms in total. The molecule has 0 bridgehead atoms. The molecule has 0 amide bonds. The van der Waals surface area contributed by atoms with Crippen LogP contribution in [0.1, 0.15) is 50.0 Å². The smallest absolute Gasteiger partial charge is 0.117 e. The van der Waals surface area contributed by atoms with Gasteiger partial charge in [-0.05, 0) is 44.2 Å². The molecule has 0 aromatic carbocycles. The summed E-state index contributed by atoms with van der Waals surface area (Å²) < 4.78 is 11.6. The van der Waals surface area contributed by atoms with E-state index in [1.807, 2.05) is 0 Å². The van der Waals surface area contributed by atoms with Gasteiger partial charge < -0.3 is 14.5 Å². The normalized spacial score (nSPS) is 16.6. The van der Waals surface area contributed by atoms with Crippen LogP contribution in [0, 0.1) is 0 Å². The summed E-state index contributed by atoms with van der Waals surface area (Å²) in [4.78, 5) is 0. The van der Waals surface area contributed by atoms with Gasteiger partial charge in [0.15, 0.2) is 0 Å². The average molecular weight is 297 g/mol. The van der Waals surface area contributed by atoms with E-state index in [1.165, 1.54) is 32.1 Å². The summed E-state index contributed by atoms with van der Waals surface area (Å²) in [5.41, 5.74) is 0. The molecule has 0 saturated heterocycles. The average Bonchev–Trinajstić information content (AvgIpc) is 2.92. The molecule has 1 heterocycles. The minimum atomic E-state index is 0.530. The molecule has 0 atom stereocenters. The van der Waals surface area contributed by atoms with Gasteiger partial charge in [0.1, 0.15) is 11.5 Å². The number of ether oxygens (including phenoxy) is 1. The largest absolute Gasteiger partial charge is 0.464 e. The number of furan rings is 1. The molecule has 1 N–H and O–H groups in total. The number of hydrogen-bond donors (Lipinski definition) is 1. The molecule has 0 aliphatic heterocycles. The van der Waals surface area contributed by atoms with E-state index in [4.69, 9.17) is 9.15 Å². The molecule has 1 aliphatic carbocycles. The van der Waals surface area contributed by atoms with Crippen molar-refractivity contribution in [2.45, 2.75) is 56.9 Å². The van der Waals surface area contributed by atoms with Gasteiger partial charge in [0, 0.05) is 6.61 Å². The van der Waals surface area contributed by atoms with Crippen LogP contribution in [0.25, 0.3) is 0 Å². The lowest BCUT2D eigenvalue weighted by Gasteiger charge is -2.21. The highest BCUT2D eigenvalue weighted by atomic mass is 32.2. The van der Waals surface area contributed by atoms with Crippen LogP contribution < -0.4 is 5.32 Å². The highest BCUT2D eigenvalue weighted by Gasteiger charge is 2.12. The van der Waals surface area contributed by atoms with Gasteiger partial charge in [0.25, 0.3) is 0 Å². The Morgan fingerprint density at radius 1 is 1.25 bits per heavy atom. The third-order valence-electron chi connectivity index (χ3n) is 3.71. The molecule has 20 heavy (non-hydrogen) atoms. The van der Waals surface area contributed by atoms with Crippen LogP contribution >= 0.6 is 11.8 Å². The van der Waals surface area contributed by atoms with E-state index in [0.717, 1.165) is 43.4 Å². The second-order valence-electron chi connectivity index (χ2n) is 5.46. The zero-order valence-electron chi connectivity index (χ0n) is 12.5. The summed E-state index contributed by atoms with van der Waals surface area (Å²) in [5, 5.41) is 3.41. The van der Waals surface area contributed by atoms with Crippen LogP contribution in [0.15, 0.2) is 16.5 Å². The highest BCUT2D eigenvalue weighted by Crippen LogP contribution is 2.20. The van der Waals surface area contributed by atoms with E-state index in [0.29, 0.717) is 6.10 Å². The van der Waals surface area contributed by atoms with Crippen molar-refractivity contribution in [1.82, 2.24) is 5.32 Å². The summed E-state index contributed by atoms with van der Waals surface area (Å²) in [7, 11) is 0. The third-order valence-corrected chi connectivity index (χ3v) is 4.28. The van der Waals surface area contributed by atoms with Gasteiger partial charge in [-0.25, -0.2) is 0 Å². The van der Waals surface area contributed by atoms with E-state index in [-0.39, 0.29) is 0 Å². The van der Waals surface area contributed by atoms with Crippen molar-refractivity contribution in [3.63, 3.8) is 0 Å². The van der Waals surface area contributed by atoms with Crippen LogP contribution in [0.5, 0.6) is 0 Å². The maximum Gasteiger partial charge on any atom is 0.117 e. The van der Waals surface area contributed by atoms with Crippen molar-refractivity contribution in [1.29, 1.82) is 0 Å². The Morgan fingerprint density at radius 3 is 2.85 bits per heavy atom. The summed E-state index contributed by atoms with van der Waals surface area (Å²) in [5.74, 6) is 3.05. The van der Waals surface area contributed by atoms with E-state index in [2.05, 4.69) is 23.7 Å². The van der Waals surface area contributed by atoms with Gasteiger partial charge in [-0.15, -0.1) is 0 Å². The third kappa shape index (κ3) is 5.90. The van der Waals surface area contributed by atoms with Crippen LogP contribution in [-0.4, -0.2) is 25.5 Å². The standard InChI is InChI=1S/C16H27NO2S/c1-20-13-16-9-8-15(19-16)12-17-10-5-11-18-14-6-3-2-4-7-14/h8-9,14,17H,2-7,10-13H2,1H3. The molecular formula is C16H27NO2S. The van der Waals surface area contributed by atoms with Crippen LogP contribution in [0.3, 0.4) is 0 Å². The lowest BCUT2D eigenvalue weighted by molar-refractivity contribution is 0.0272. The SMILES string of the molecule is CSCc1ccc(CNCCCOC2CCCCC2)o1. The number of thioether (sulfide) groups is 1. The summed E-state index contributed by atoms with van der Waals surface area (Å²) >= 11 is 1.79. The van der Waals surface area contributed by atoms with Gasteiger partial charge in [-0.2, -0.15) is 11.8 Å². The molecule has 1 aromatic rings. The quantitative estimate of drug-likeness (QED) is 0.699. The van der Waals surface area contributed by atoms with Gasteiger partial charge in [-0.1, -0.05) is 19.3 Å². The summed E-state index contributed by atoms with van der Waals surface area (Å²) in [6, 6.07) is 4.14. The maximum absolute atomic E-state index is 5.91. The Balaban J connectivity index is 1.48. The van der Waals surface area contributed by atoms with E-state index in [1.54, 1.807) is 11.8 Å². The first-order valence-corrected chi connectivity index (χ1v) is 9.16. The lowest BCUT2D eigenvalue weighted by atomic mass is 9.98. The monoisotopic (exact) mass is 297 g/mol. The minimum absolute atomic E-state index is 0.530. The molecular weight excluding hydrogens is 270 g/mol. The summed E-state index contributed by atoms with van der Waals surface area (Å²) in [6.07, 6.45) is 10.3. The van der Waals surface area contributed by atoms with Gasteiger partial charge in [-0.3, -0.25) is 0 Å². The fraction of sp³-hybridized carbons (Fsp3) is 0.750. The molecule has 1 aromatic heterocycles. The topological polar surface area (TPSA) is 34.4 Å². The minimum Gasteiger partial charge on any atom is -0.464 e. The summed E-state index contributed by atoms with van der Waals surface area (Å²) in [6.45, 7) is 2.69. The van der Waals surface area contributed by atoms with Crippen molar-refractivity contribution in [3.8, 4) is 0 Å². The van der Waals surface area contributed by atoms with Crippen LogP contribution in [0.2, 0.25) is 0 Å². The molecule has 1 aliphatic rings. The molecule has 0 radical (unpaired) electrons. The Bertz CT molecular complexity index is 361. The van der Waals surface area contributed by atoms with Crippen LogP contribution in [-0.2, 0) is 17.0 Å². The predicted octanol–water partition coefficient (Wildman–Crippen LogP) is 3.97. The van der Waals surface area contributed by atoms with Crippen molar-refractivity contribution in [2.75, 3.05) is 19.4 Å². The van der Waals surface area contributed by atoms with Gasteiger partial charge in [0.2, 0.25) is 0 Å². The Labute approximate surface area is 126 Å². The van der Waals surface area contributed by atoms with Crippen LogP contribution in [0.4, 0.5) is 0 Å². The molecule has 1 saturated carbocycles. The van der Waals surface area contributed by atoms with E-state index >= 15 is 0 Å². The fourth-order valence-corrected chi connectivity index (χ4v) is 3.07. The number of nitrogens with one attached hydrogen (secondary N) is 1. The predicted molar refractivity (Wildman–Crippen MR) is 85.1 cm³/mol. The second-order valence-corrected chi connectivity index (χ2v) is 6.33. The number of hydrogen-bond acceptors (Lipinski definition) is 4. The second kappa shape index (κ2) is 9.48. The Kier molecular flexibility index (Phi) is 7.55. The molecule has 0 spiro atoms. The first-order chi connectivity index (χ1) is 9.88. The van der Waals surface area contributed by atoms with E-state index in [9.17, 15) is 0 Å². The lowest BCUT2D eigenvalue weighted by Crippen LogP contribution is -2.20. The van der Waals surface area contributed by atoms with Crippen molar-refractivity contribution in [2.24, 2.45) is 0 Å².